The summed E-state index contributed by atoms with van der Waals surface area (Å²) in [6.07, 6.45) is 1.46. The van der Waals surface area contributed by atoms with Crippen LogP contribution in [0, 0.1) is 0 Å². The van der Waals surface area contributed by atoms with Gasteiger partial charge >= 0.3 is 0 Å². The minimum absolute atomic E-state index is 0.0999. The molecule has 0 aliphatic rings. The van der Waals surface area contributed by atoms with Gasteiger partial charge in [0, 0.05) is 12.8 Å². The molecule has 0 bridgehead atoms. The first-order valence-corrected chi connectivity index (χ1v) is 10.3. The Morgan fingerprint density at radius 2 is 0.966 bits per heavy atom. The van der Waals surface area contributed by atoms with E-state index in [2.05, 4.69) is 24.3 Å². The molecule has 0 heterocycles. The van der Waals surface area contributed by atoms with Crippen LogP contribution >= 0.6 is 0 Å². The fourth-order valence-electron chi connectivity index (χ4n) is 3.06. The van der Waals surface area contributed by atoms with E-state index in [1.54, 1.807) is 0 Å². The van der Waals surface area contributed by atoms with Crippen molar-refractivity contribution in [3.8, 4) is 0 Å². The van der Waals surface area contributed by atoms with Crippen LogP contribution in [0.2, 0.25) is 0 Å². The number of ether oxygens (including phenoxy) is 2. The zero-order valence-corrected chi connectivity index (χ0v) is 18.0. The maximum atomic E-state index is 5.93. The smallest absolute Gasteiger partial charge is 0.112 e. The predicted octanol–water partition coefficient (Wildman–Crippen LogP) is 4.94. The first-order valence-electron chi connectivity index (χ1n) is 10.3. The van der Waals surface area contributed by atoms with Gasteiger partial charge in [-0.25, -0.2) is 9.78 Å². The molecule has 29 heavy (non-hydrogen) atoms. The fourth-order valence-corrected chi connectivity index (χ4v) is 3.06. The van der Waals surface area contributed by atoms with Gasteiger partial charge < -0.3 is 9.47 Å². The van der Waals surface area contributed by atoms with E-state index >= 15 is 0 Å². The molecule has 0 saturated carbocycles. The Morgan fingerprint density at radius 3 is 1.31 bits per heavy atom. The summed E-state index contributed by atoms with van der Waals surface area (Å²) in [6.45, 7) is 8.59. The van der Waals surface area contributed by atoms with Gasteiger partial charge in [-0.2, -0.15) is 0 Å². The van der Waals surface area contributed by atoms with Crippen LogP contribution in [0.15, 0.2) is 60.7 Å². The van der Waals surface area contributed by atoms with E-state index in [-0.39, 0.29) is 37.6 Å². The lowest BCUT2D eigenvalue weighted by Crippen LogP contribution is -2.28. The van der Waals surface area contributed by atoms with E-state index in [0.717, 1.165) is 12.8 Å². The molecule has 2 unspecified atom stereocenters. The van der Waals surface area contributed by atoms with Crippen LogP contribution in [-0.2, 0) is 37.1 Å². The summed E-state index contributed by atoms with van der Waals surface area (Å²) in [5.41, 5.74) is 2.38. The van der Waals surface area contributed by atoms with Crippen molar-refractivity contribution in [2.45, 2.75) is 65.0 Å². The first-order chi connectivity index (χ1) is 14.0. The molecule has 0 aliphatic heterocycles. The van der Waals surface area contributed by atoms with Crippen molar-refractivity contribution >= 4 is 0 Å². The summed E-state index contributed by atoms with van der Waals surface area (Å²) < 4.78 is 11.9. The third-order valence-electron chi connectivity index (χ3n) is 4.15. The monoisotopic (exact) mass is 402 g/mol. The lowest BCUT2D eigenvalue weighted by molar-refractivity contribution is -0.519. The molecule has 0 spiro atoms. The van der Waals surface area contributed by atoms with Crippen LogP contribution in [-0.4, -0.2) is 37.6 Å². The van der Waals surface area contributed by atoms with Gasteiger partial charge in [-0.15, -0.1) is 0 Å². The molecule has 2 rings (SSSR count). The van der Waals surface area contributed by atoms with Crippen molar-refractivity contribution < 1.29 is 24.3 Å². The summed E-state index contributed by atoms with van der Waals surface area (Å²) >= 11 is 0. The summed E-state index contributed by atoms with van der Waals surface area (Å²) in [5, 5.41) is 4.97. The highest BCUT2D eigenvalue weighted by Gasteiger charge is 2.16. The second-order valence-corrected chi connectivity index (χ2v) is 7.63. The van der Waals surface area contributed by atoms with Crippen LogP contribution in [0.5, 0.6) is 0 Å². The first kappa shape index (κ1) is 23.5. The topological polar surface area (TPSA) is 46.2 Å². The van der Waals surface area contributed by atoms with Gasteiger partial charge in [-0.3, -0.25) is 0 Å². The zero-order chi connectivity index (χ0) is 20.9. The van der Waals surface area contributed by atoms with Crippen molar-refractivity contribution in [1.29, 1.82) is 0 Å². The van der Waals surface area contributed by atoms with Gasteiger partial charge in [0.1, 0.15) is 13.2 Å². The molecule has 0 aliphatic carbocycles. The number of hydrogen-bond acceptors (Lipinski definition) is 5. The highest BCUT2D eigenvalue weighted by atomic mass is 17.5. The van der Waals surface area contributed by atoms with Crippen molar-refractivity contribution in [2.75, 3.05) is 13.2 Å². The van der Waals surface area contributed by atoms with Crippen molar-refractivity contribution in [1.82, 2.24) is 0 Å². The highest BCUT2D eigenvalue weighted by molar-refractivity contribution is 5.16. The van der Waals surface area contributed by atoms with Crippen LogP contribution < -0.4 is 0 Å². The average Bonchev–Trinajstić information content (AvgIpc) is 2.68. The Labute approximate surface area is 174 Å². The maximum Gasteiger partial charge on any atom is 0.112 e. The number of benzene rings is 2. The van der Waals surface area contributed by atoms with Crippen LogP contribution in [0.1, 0.15) is 38.8 Å². The minimum Gasteiger partial charge on any atom is -0.373 e. The molecule has 0 aromatic heterocycles. The van der Waals surface area contributed by atoms with Gasteiger partial charge in [0.25, 0.3) is 0 Å². The average molecular weight is 403 g/mol. The summed E-state index contributed by atoms with van der Waals surface area (Å²) in [6, 6.07) is 20.4. The Morgan fingerprint density at radius 1 is 0.586 bits per heavy atom. The molecule has 0 fully saturated rings. The van der Waals surface area contributed by atoms with Crippen LogP contribution in [0.3, 0.4) is 0 Å². The molecule has 0 saturated heterocycles. The normalized spacial score (nSPS) is 13.7. The van der Waals surface area contributed by atoms with Gasteiger partial charge in [-0.1, -0.05) is 65.7 Å². The molecular weight excluding hydrogens is 368 g/mol. The Balaban J connectivity index is 1.74. The van der Waals surface area contributed by atoms with E-state index < -0.39 is 0 Å². The maximum absolute atomic E-state index is 5.93. The van der Waals surface area contributed by atoms with Gasteiger partial charge in [0.05, 0.1) is 24.4 Å². The van der Waals surface area contributed by atoms with Crippen molar-refractivity contribution in [3.63, 3.8) is 0 Å². The van der Waals surface area contributed by atoms with Gasteiger partial charge in [0.2, 0.25) is 0 Å². The molecule has 0 N–H and O–H groups in total. The fraction of sp³-hybridized carbons (Fsp3) is 0.500. The van der Waals surface area contributed by atoms with E-state index in [1.807, 2.05) is 64.1 Å². The number of hydrogen-bond donors (Lipinski definition) is 0. The Bertz CT molecular complexity index is 587. The third-order valence-corrected chi connectivity index (χ3v) is 4.15. The lowest BCUT2D eigenvalue weighted by atomic mass is 10.1. The SMILES string of the molecule is CC(C)OC(COOOCC(Cc1ccccc1)OC(C)C)Cc1ccccc1. The lowest BCUT2D eigenvalue weighted by Gasteiger charge is -2.21. The second kappa shape index (κ2) is 13.5. The van der Waals surface area contributed by atoms with E-state index in [4.69, 9.17) is 24.3 Å². The van der Waals surface area contributed by atoms with Crippen molar-refractivity contribution in [3.05, 3.63) is 71.8 Å². The zero-order valence-electron chi connectivity index (χ0n) is 18.0. The molecule has 2 atom stereocenters. The second-order valence-electron chi connectivity index (χ2n) is 7.63. The Hall–Kier alpha value is -1.76. The van der Waals surface area contributed by atoms with E-state index in [1.165, 1.54) is 11.1 Å². The Kier molecular flexibility index (Phi) is 10.9. The summed E-state index contributed by atoms with van der Waals surface area (Å²) in [5.74, 6) is 0. The molecule has 0 amide bonds. The summed E-state index contributed by atoms with van der Waals surface area (Å²) in [7, 11) is 0. The molecule has 0 radical (unpaired) electrons. The predicted molar refractivity (Wildman–Crippen MR) is 113 cm³/mol. The molecule has 5 nitrogen and oxygen atoms in total. The molecule has 5 heteroatoms. The molecule has 2 aromatic carbocycles. The summed E-state index contributed by atoms with van der Waals surface area (Å²) in [4.78, 5) is 10.5. The minimum atomic E-state index is -0.118. The van der Waals surface area contributed by atoms with Gasteiger partial charge in [0.15, 0.2) is 0 Å². The van der Waals surface area contributed by atoms with Crippen LogP contribution in [0.4, 0.5) is 0 Å². The third kappa shape index (κ3) is 10.5. The standard InChI is InChI=1S/C24H34O5/c1-19(2)27-23(15-21-11-7-5-8-12-21)17-25-29-26-18-24(28-20(3)4)16-22-13-9-6-10-14-22/h5-14,19-20,23-24H,15-18H2,1-4H3. The van der Waals surface area contributed by atoms with E-state index in [9.17, 15) is 0 Å². The number of rotatable bonds is 14. The molecule has 160 valence electrons. The van der Waals surface area contributed by atoms with Crippen LogP contribution in [0.25, 0.3) is 0 Å². The van der Waals surface area contributed by atoms with E-state index in [0.29, 0.717) is 0 Å². The van der Waals surface area contributed by atoms with Crippen molar-refractivity contribution in [2.24, 2.45) is 0 Å². The van der Waals surface area contributed by atoms with Gasteiger partial charge in [-0.05, 0) is 38.8 Å². The molecular formula is C24H34O5. The largest absolute Gasteiger partial charge is 0.373 e. The quantitative estimate of drug-likeness (QED) is 0.254. The molecule has 2 aromatic rings. The highest BCUT2D eigenvalue weighted by Crippen LogP contribution is 2.11.